The fraction of sp³-hybridized carbons (Fsp3) is 0. The van der Waals surface area contributed by atoms with Gasteiger partial charge in [-0.25, -0.2) is 8.78 Å². The van der Waals surface area contributed by atoms with E-state index in [0.717, 1.165) is 22.2 Å². The first kappa shape index (κ1) is 13.4. The smallest absolute Gasteiger partial charge is 0.206 e. The van der Waals surface area contributed by atoms with E-state index in [9.17, 15) is 13.6 Å². The molecule has 0 aliphatic rings. The Balaban J connectivity index is 2.10. The zero-order valence-corrected chi connectivity index (χ0v) is 12.4. The minimum absolute atomic E-state index is 0.00268. The van der Waals surface area contributed by atoms with Crippen molar-refractivity contribution in [3.8, 4) is 0 Å². The molecular formula is C15H7BrF2OS. The van der Waals surface area contributed by atoms with Gasteiger partial charge in [-0.1, -0.05) is 18.2 Å². The lowest BCUT2D eigenvalue weighted by Gasteiger charge is -2.02. The summed E-state index contributed by atoms with van der Waals surface area (Å²) in [5, 5.41) is 0.916. The van der Waals surface area contributed by atoms with E-state index in [1.807, 2.05) is 24.3 Å². The average molecular weight is 353 g/mol. The van der Waals surface area contributed by atoms with Crippen LogP contribution in [-0.2, 0) is 0 Å². The Hall–Kier alpha value is -1.59. The summed E-state index contributed by atoms with van der Waals surface area (Å²) in [5.41, 5.74) is -0.253. The molecule has 0 spiro atoms. The lowest BCUT2D eigenvalue weighted by molar-refractivity contribution is 0.103. The van der Waals surface area contributed by atoms with Gasteiger partial charge < -0.3 is 0 Å². The number of carbonyl (C=O) groups excluding carboxylic acids is 1. The van der Waals surface area contributed by atoms with Crippen molar-refractivity contribution in [1.29, 1.82) is 0 Å². The van der Waals surface area contributed by atoms with Crippen molar-refractivity contribution >= 4 is 43.1 Å². The van der Waals surface area contributed by atoms with Gasteiger partial charge >= 0.3 is 0 Å². The number of fused-ring (bicyclic) bond motifs is 1. The van der Waals surface area contributed by atoms with Crippen LogP contribution in [0.4, 0.5) is 8.78 Å². The molecule has 3 aromatic rings. The van der Waals surface area contributed by atoms with Gasteiger partial charge in [0.1, 0.15) is 11.6 Å². The van der Waals surface area contributed by atoms with E-state index >= 15 is 0 Å². The second-order valence-corrected chi connectivity index (χ2v) is 6.16. The lowest BCUT2D eigenvalue weighted by Crippen LogP contribution is -2.03. The quantitative estimate of drug-likeness (QED) is 0.459. The Bertz CT molecular complexity index is 793. The Morgan fingerprint density at radius 3 is 2.55 bits per heavy atom. The largest absolute Gasteiger partial charge is 0.288 e. The zero-order valence-electron chi connectivity index (χ0n) is 9.99. The molecule has 0 atom stereocenters. The first-order valence-corrected chi connectivity index (χ1v) is 7.35. The Kier molecular flexibility index (Phi) is 3.40. The number of hydrogen-bond donors (Lipinski definition) is 0. The molecule has 1 heterocycles. The van der Waals surface area contributed by atoms with Crippen molar-refractivity contribution in [2.24, 2.45) is 0 Å². The SMILES string of the molecule is O=C(c1cc2ccccc2s1)c1cc(F)c(Br)cc1F. The molecule has 20 heavy (non-hydrogen) atoms. The highest BCUT2D eigenvalue weighted by atomic mass is 79.9. The third-order valence-corrected chi connectivity index (χ3v) is 4.63. The fourth-order valence-corrected chi connectivity index (χ4v) is 3.26. The minimum Gasteiger partial charge on any atom is -0.288 e. The molecule has 0 saturated heterocycles. The van der Waals surface area contributed by atoms with Crippen LogP contribution in [0.2, 0.25) is 0 Å². The first-order valence-electron chi connectivity index (χ1n) is 5.74. The Labute approximate surface area is 126 Å². The summed E-state index contributed by atoms with van der Waals surface area (Å²) in [6.45, 7) is 0. The van der Waals surface area contributed by atoms with Crippen molar-refractivity contribution in [2.45, 2.75) is 0 Å². The molecular weight excluding hydrogens is 346 g/mol. The number of benzene rings is 2. The van der Waals surface area contributed by atoms with E-state index < -0.39 is 17.4 Å². The molecule has 0 N–H and O–H groups in total. The van der Waals surface area contributed by atoms with Gasteiger partial charge in [0.25, 0.3) is 0 Å². The van der Waals surface area contributed by atoms with E-state index in [1.54, 1.807) is 6.07 Å². The lowest BCUT2D eigenvalue weighted by atomic mass is 10.1. The summed E-state index contributed by atoms with van der Waals surface area (Å²) >= 11 is 4.16. The molecule has 1 nitrogen and oxygen atoms in total. The maximum atomic E-state index is 13.8. The molecule has 2 aromatic carbocycles. The van der Waals surface area contributed by atoms with Crippen LogP contribution in [-0.4, -0.2) is 5.78 Å². The Morgan fingerprint density at radius 2 is 1.80 bits per heavy atom. The predicted octanol–water partition coefficient (Wildman–Crippen LogP) is 5.17. The summed E-state index contributed by atoms with van der Waals surface area (Å²) in [7, 11) is 0. The fourth-order valence-electron chi connectivity index (χ4n) is 1.92. The highest BCUT2D eigenvalue weighted by Gasteiger charge is 2.18. The Morgan fingerprint density at radius 1 is 1.05 bits per heavy atom. The van der Waals surface area contributed by atoms with Gasteiger partial charge in [0.15, 0.2) is 0 Å². The molecule has 0 fully saturated rings. The topological polar surface area (TPSA) is 17.1 Å². The van der Waals surface area contributed by atoms with Crippen LogP contribution in [0, 0.1) is 11.6 Å². The van der Waals surface area contributed by atoms with Gasteiger partial charge in [-0.05, 0) is 45.6 Å². The van der Waals surface area contributed by atoms with Crippen molar-refractivity contribution in [2.75, 3.05) is 0 Å². The number of ketones is 1. The number of rotatable bonds is 2. The second kappa shape index (κ2) is 5.07. The van der Waals surface area contributed by atoms with Crippen molar-refractivity contribution < 1.29 is 13.6 Å². The highest BCUT2D eigenvalue weighted by Crippen LogP contribution is 2.29. The molecule has 1 aromatic heterocycles. The van der Waals surface area contributed by atoms with Gasteiger partial charge in [0, 0.05) is 4.70 Å². The van der Waals surface area contributed by atoms with Gasteiger partial charge in [0.2, 0.25) is 5.78 Å². The highest BCUT2D eigenvalue weighted by molar-refractivity contribution is 9.10. The number of carbonyl (C=O) groups is 1. The summed E-state index contributed by atoms with van der Waals surface area (Å²) < 4.78 is 28.2. The molecule has 0 aliphatic heterocycles. The minimum atomic E-state index is -0.735. The standard InChI is InChI=1S/C15H7BrF2OS/c16-10-7-11(17)9(6-12(10)18)15(19)14-5-8-3-1-2-4-13(8)20-14/h1-7H. The summed E-state index contributed by atoms with van der Waals surface area (Å²) in [6, 6.07) is 11.1. The third kappa shape index (κ3) is 2.27. The maximum Gasteiger partial charge on any atom is 0.206 e. The molecule has 3 rings (SSSR count). The van der Waals surface area contributed by atoms with E-state index in [4.69, 9.17) is 0 Å². The predicted molar refractivity (Wildman–Crippen MR) is 79.3 cm³/mol. The van der Waals surface area contributed by atoms with Crippen LogP contribution in [0.25, 0.3) is 10.1 Å². The van der Waals surface area contributed by atoms with Crippen LogP contribution >= 0.6 is 27.3 Å². The molecule has 5 heteroatoms. The van der Waals surface area contributed by atoms with Crippen LogP contribution in [0.1, 0.15) is 15.2 Å². The van der Waals surface area contributed by atoms with Gasteiger partial charge in [-0.15, -0.1) is 11.3 Å². The third-order valence-electron chi connectivity index (χ3n) is 2.90. The number of thiophene rings is 1. The zero-order chi connectivity index (χ0) is 14.3. The van der Waals surface area contributed by atoms with Crippen LogP contribution in [0.3, 0.4) is 0 Å². The van der Waals surface area contributed by atoms with E-state index in [-0.39, 0.29) is 10.0 Å². The van der Waals surface area contributed by atoms with Gasteiger partial charge in [-0.3, -0.25) is 4.79 Å². The van der Waals surface area contributed by atoms with Crippen LogP contribution < -0.4 is 0 Å². The molecule has 0 amide bonds. The molecule has 0 bridgehead atoms. The normalized spacial score (nSPS) is 10.9. The van der Waals surface area contributed by atoms with Crippen molar-refractivity contribution in [3.05, 3.63) is 69.0 Å². The molecule has 100 valence electrons. The second-order valence-electron chi connectivity index (χ2n) is 4.22. The van der Waals surface area contributed by atoms with E-state index in [2.05, 4.69) is 15.9 Å². The average Bonchev–Trinajstić information content (AvgIpc) is 2.86. The van der Waals surface area contributed by atoms with Crippen molar-refractivity contribution in [3.63, 3.8) is 0 Å². The van der Waals surface area contributed by atoms with Crippen LogP contribution in [0.5, 0.6) is 0 Å². The van der Waals surface area contributed by atoms with Gasteiger partial charge in [0.05, 0.1) is 14.9 Å². The molecule has 0 saturated carbocycles. The van der Waals surface area contributed by atoms with E-state index in [0.29, 0.717) is 4.88 Å². The molecule has 0 aliphatic carbocycles. The maximum absolute atomic E-state index is 13.8. The van der Waals surface area contributed by atoms with Gasteiger partial charge in [-0.2, -0.15) is 0 Å². The van der Waals surface area contributed by atoms with E-state index in [1.165, 1.54) is 11.3 Å². The first-order chi connectivity index (χ1) is 9.56. The monoisotopic (exact) mass is 352 g/mol. The number of halogens is 3. The summed E-state index contributed by atoms with van der Waals surface area (Å²) in [6.07, 6.45) is 0. The summed E-state index contributed by atoms with van der Waals surface area (Å²) in [4.78, 5) is 12.7. The molecule has 0 unspecified atom stereocenters. The number of hydrogen-bond acceptors (Lipinski definition) is 2. The summed E-state index contributed by atoms with van der Waals surface area (Å²) in [5.74, 6) is -1.90. The van der Waals surface area contributed by atoms with Crippen LogP contribution in [0.15, 0.2) is 46.9 Å². The molecule has 0 radical (unpaired) electrons. The van der Waals surface area contributed by atoms with Crippen molar-refractivity contribution in [1.82, 2.24) is 0 Å².